The minimum absolute atomic E-state index is 0.0429. The second kappa shape index (κ2) is 6.80. The number of ether oxygens (including phenoxy) is 2. The number of hydrogen-bond donors (Lipinski definition) is 1. The maximum atomic E-state index is 11.8. The normalized spacial score (nSPS) is 14.6. The fourth-order valence-corrected chi connectivity index (χ4v) is 2.34. The molecule has 0 bridgehead atoms. The van der Waals surface area contributed by atoms with Crippen LogP contribution in [-0.4, -0.2) is 25.7 Å². The smallest absolute Gasteiger partial charge is 0.258 e. The third-order valence-corrected chi connectivity index (χ3v) is 3.37. The lowest BCUT2D eigenvalue weighted by atomic mass is 10.2. The van der Waals surface area contributed by atoms with Crippen molar-refractivity contribution in [1.82, 2.24) is 5.32 Å². The van der Waals surface area contributed by atoms with E-state index < -0.39 is 0 Å². The maximum absolute atomic E-state index is 11.8. The molecule has 1 fully saturated rings. The van der Waals surface area contributed by atoms with E-state index in [-0.39, 0.29) is 18.6 Å². The number of nitriles is 1. The summed E-state index contributed by atoms with van der Waals surface area (Å²) in [4.78, 5) is 11.8. The van der Waals surface area contributed by atoms with Gasteiger partial charge in [-0.1, -0.05) is 12.8 Å². The standard InChI is InChI=1S/C15H18N2O3/c1-19-14-8-11(9-16)6-7-13(14)20-10-15(18)17-12-4-2-3-5-12/h6-8,12H,2-5,10H2,1H3,(H,17,18). The molecule has 0 spiro atoms. The molecule has 0 saturated heterocycles. The van der Waals surface area contributed by atoms with E-state index in [0.29, 0.717) is 17.1 Å². The topological polar surface area (TPSA) is 71.3 Å². The molecule has 1 aromatic carbocycles. The van der Waals surface area contributed by atoms with Gasteiger partial charge in [-0.05, 0) is 25.0 Å². The summed E-state index contributed by atoms with van der Waals surface area (Å²) in [5, 5.41) is 11.8. The molecule has 0 heterocycles. The van der Waals surface area contributed by atoms with Gasteiger partial charge in [0.1, 0.15) is 0 Å². The second-order valence-electron chi connectivity index (χ2n) is 4.82. The minimum Gasteiger partial charge on any atom is -0.493 e. The molecule has 5 nitrogen and oxygen atoms in total. The van der Waals surface area contributed by atoms with Crippen LogP contribution >= 0.6 is 0 Å². The van der Waals surface area contributed by atoms with Gasteiger partial charge in [-0.3, -0.25) is 4.79 Å². The quantitative estimate of drug-likeness (QED) is 0.891. The Labute approximate surface area is 118 Å². The summed E-state index contributed by atoms with van der Waals surface area (Å²) in [5.41, 5.74) is 0.490. The monoisotopic (exact) mass is 274 g/mol. The molecule has 20 heavy (non-hydrogen) atoms. The summed E-state index contributed by atoms with van der Waals surface area (Å²) in [7, 11) is 1.50. The number of carbonyl (C=O) groups excluding carboxylic acids is 1. The highest BCUT2D eigenvalue weighted by molar-refractivity contribution is 5.78. The third-order valence-electron chi connectivity index (χ3n) is 3.37. The molecule has 106 valence electrons. The lowest BCUT2D eigenvalue weighted by Gasteiger charge is -2.14. The van der Waals surface area contributed by atoms with E-state index in [1.165, 1.54) is 20.0 Å². The van der Waals surface area contributed by atoms with Gasteiger partial charge in [-0.15, -0.1) is 0 Å². The zero-order valence-electron chi connectivity index (χ0n) is 11.5. The van der Waals surface area contributed by atoms with Gasteiger partial charge in [0.15, 0.2) is 18.1 Å². The summed E-state index contributed by atoms with van der Waals surface area (Å²) in [6.45, 7) is -0.0429. The molecule has 0 aromatic heterocycles. The average Bonchev–Trinajstić information content (AvgIpc) is 2.97. The fourth-order valence-electron chi connectivity index (χ4n) is 2.34. The van der Waals surface area contributed by atoms with Crippen molar-refractivity contribution < 1.29 is 14.3 Å². The summed E-state index contributed by atoms with van der Waals surface area (Å²) < 4.78 is 10.6. The molecular formula is C15H18N2O3. The molecule has 0 atom stereocenters. The second-order valence-corrected chi connectivity index (χ2v) is 4.82. The number of amides is 1. The van der Waals surface area contributed by atoms with Crippen LogP contribution in [0.1, 0.15) is 31.2 Å². The van der Waals surface area contributed by atoms with Crippen molar-refractivity contribution in [2.24, 2.45) is 0 Å². The molecule has 1 N–H and O–H groups in total. The molecular weight excluding hydrogens is 256 g/mol. The molecule has 1 aromatic rings. The highest BCUT2D eigenvalue weighted by atomic mass is 16.5. The summed E-state index contributed by atoms with van der Waals surface area (Å²) >= 11 is 0. The zero-order chi connectivity index (χ0) is 14.4. The molecule has 0 radical (unpaired) electrons. The van der Waals surface area contributed by atoms with Crippen LogP contribution in [-0.2, 0) is 4.79 Å². The minimum atomic E-state index is -0.122. The van der Waals surface area contributed by atoms with Gasteiger partial charge in [0.25, 0.3) is 5.91 Å². The number of methoxy groups -OCH3 is 1. The van der Waals surface area contributed by atoms with E-state index in [4.69, 9.17) is 14.7 Å². The first kappa shape index (κ1) is 14.2. The first-order chi connectivity index (χ1) is 9.72. The van der Waals surface area contributed by atoms with Gasteiger partial charge in [-0.2, -0.15) is 5.26 Å². The number of hydrogen-bond acceptors (Lipinski definition) is 4. The lowest BCUT2D eigenvalue weighted by molar-refractivity contribution is -0.123. The van der Waals surface area contributed by atoms with Crippen LogP contribution in [0.25, 0.3) is 0 Å². The van der Waals surface area contributed by atoms with Crippen molar-refractivity contribution in [3.05, 3.63) is 23.8 Å². The summed E-state index contributed by atoms with van der Waals surface area (Å²) in [6, 6.07) is 7.17. The van der Waals surface area contributed by atoms with Crippen molar-refractivity contribution in [3.8, 4) is 17.6 Å². The van der Waals surface area contributed by atoms with E-state index in [9.17, 15) is 4.79 Å². The van der Waals surface area contributed by atoms with E-state index in [1.54, 1.807) is 18.2 Å². The van der Waals surface area contributed by atoms with Crippen molar-refractivity contribution >= 4 is 5.91 Å². The van der Waals surface area contributed by atoms with E-state index in [1.807, 2.05) is 6.07 Å². The van der Waals surface area contributed by atoms with Crippen molar-refractivity contribution in [3.63, 3.8) is 0 Å². The highest BCUT2D eigenvalue weighted by Gasteiger charge is 2.17. The van der Waals surface area contributed by atoms with Crippen LogP contribution in [0.5, 0.6) is 11.5 Å². The summed E-state index contributed by atoms with van der Waals surface area (Å²) in [6.07, 6.45) is 4.45. The Morgan fingerprint density at radius 2 is 2.15 bits per heavy atom. The number of rotatable bonds is 5. The van der Waals surface area contributed by atoms with E-state index in [2.05, 4.69) is 5.32 Å². The Morgan fingerprint density at radius 1 is 1.40 bits per heavy atom. The fraction of sp³-hybridized carbons (Fsp3) is 0.467. The van der Waals surface area contributed by atoms with Gasteiger partial charge in [0.2, 0.25) is 0 Å². The van der Waals surface area contributed by atoms with Gasteiger partial charge >= 0.3 is 0 Å². The third kappa shape index (κ3) is 3.64. The number of nitrogens with zero attached hydrogens (tertiary/aromatic N) is 1. The predicted molar refractivity (Wildman–Crippen MR) is 73.6 cm³/mol. The molecule has 2 rings (SSSR count). The Hall–Kier alpha value is -2.22. The van der Waals surface area contributed by atoms with Gasteiger partial charge in [0.05, 0.1) is 18.7 Å². The van der Waals surface area contributed by atoms with E-state index in [0.717, 1.165) is 12.8 Å². The zero-order valence-corrected chi connectivity index (χ0v) is 11.5. The Kier molecular flexibility index (Phi) is 4.83. The Balaban J connectivity index is 1.89. The van der Waals surface area contributed by atoms with Crippen LogP contribution < -0.4 is 14.8 Å². The van der Waals surface area contributed by atoms with E-state index >= 15 is 0 Å². The number of nitrogens with one attached hydrogen (secondary N) is 1. The maximum Gasteiger partial charge on any atom is 0.258 e. The van der Waals surface area contributed by atoms with Gasteiger partial charge in [-0.25, -0.2) is 0 Å². The molecule has 1 aliphatic rings. The lowest BCUT2D eigenvalue weighted by Crippen LogP contribution is -2.36. The van der Waals surface area contributed by atoms with Crippen molar-refractivity contribution in [1.29, 1.82) is 5.26 Å². The Morgan fingerprint density at radius 3 is 2.80 bits per heavy atom. The summed E-state index contributed by atoms with van der Waals surface area (Å²) in [5.74, 6) is 0.800. The molecule has 5 heteroatoms. The van der Waals surface area contributed by atoms with Crippen molar-refractivity contribution in [2.45, 2.75) is 31.7 Å². The van der Waals surface area contributed by atoms with Crippen LogP contribution in [0.3, 0.4) is 0 Å². The molecule has 0 unspecified atom stereocenters. The number of benzene rings is 1. The van der Waals surface area contributed by atoms with Crippen LogP contribution in [0.2, 0.25) is 0 Å². The average molecular weight is 274 g/mol. The largest absolute Gasteiger partial charge is 0.493 e. The van der Waals surface area contributed by atoms with Crippen LogP contribution in [0.15, 0.2) is 18.2 Å². The van der Waals surface area contributed by atoms with Gasteiger partial charge in [0, 0.05) is 12.1 Å². The molecule has 1 amide bonds. The highest BCUT2D eigenvalue weighted by Crippen LogP contribution is 2.27. The number of carbonyl (C=O) groups is 1. The van der Waals surface area contributed by atoms with Crippen LogP contribution in [0.4, 0.5) is 0 Å². The van der Waals surface area contributed by atoms with Crippen molar-refractivity contribution in [2.75, 3.05) is 13.7 Å². The molecule has 1 saturated carbocycles. The van der Waals surface area contributed by atoms with Gasteiger partial charge < -0.3 is 14.8 Å². The Bertz CT molecular complexity index is 516. The SMILES string of the molecule is COc1cc(C#N)ccc1OCC(=O)NC1CCCC1. The first-order valence-electron chi connectivity index (χ1n) is 6.73. The molecule has 1 aliphatic carbocycles. The van der Waals surface area contributed by atoms with Crippen LogP contribution in [0, 0.1) is 11.3 Å². The predicted octanol–water partition coefficient (Wildman–Crippen LogP) is 2.00. The molecule has 0 aliphatic heterocycles. The first-order valence-corrected chi connectivity index (χ1v) is 6.73.